The van der Waals surface area contributed by atoms with Gasteiger partial charge in [0.2, 0.25) is 0 Å². The summed E-state index contributed by atoms with van der Waals surface area (Å²) < 4.78 is 0. The quantitative estimate of drug-likeness (QED) is 0.224. The van der Waals surface area contributed by atoms with Gasteiger partial charge in [0.05, 0.1) is 31.3 Å². The van der Waals surface area contributed by atoms with Crippen LogP contribution in [0.3, 0.4) is 0 Å². The van der Waals surface area contributed by atoms with Gasteiger partial charge in [-0.2, -0.15) is 0 Å². The van der Waals surface area contributed by atoms with Crippen molar-refractivity contribution in [3.63, 3.8) is 0 Å². The Labute approximate surface area is 207 Å². The highest BCUT2D eigenvalue weighted by Crippen LogP contribution is 2.25. The van der Waals surface area contributed by atoms with Crippen LogP contribution in [0.4, 0.5) is 0 Å². The minimum Gasteiger partial charge on any atom is -0.481 e. The van der Waals surface area contributed by atoms with E-state index in [0.717, 1.165) is 0 Å². The molecule has 0 saturated carbocycles. The van der Waals surface area contributed by atoms with Crippen LogP contribution in [0.5, 0.6) is 0 Å². The Balaban J connectivity index is -0.000000434. The first-order chi connectivity index (χ1) is 15.3. The van der Waals surface area contributed by atoms with Crippen molar-refractivity contribution in [3.8, 4) is 0 Å². The second-order valence-electron chi connectivity index (χ2n) is 11.6. The number of hydrogen-bond acceptors (Lipinski definition) is 6. The molecule has 3 unspecified atom stereocenters. The van der Waals surface area contributed by atoms with Crippen LogP contribution in [0.25, 0.3) is 0 Å². The zero-order valence-corrected chi connectivity index (χ0v) is 23.2. The Bertz CT molecular complexity index is 515. The van der Waals surface area contributed by atoms with E-state index in [0.29, 0.717) is 25.2 Å². The van der Waals surface area contributed by atoms with Crippen LogP contribution in [-0.4, -0.2) is 68.0 Å². The lowest BCUT2D eigenvalue weighted by atomic mass is 9.82. The van der Waals surface area contributed by atoms with Gasteiger partial charge in [-0.1, -0.05) is 69.2 Å². The normalized spacial score (nSPS) is 14.6. The van der Waals surface area contributed by atoms with Crippen molar-refractivity contribution in [1.29, 1.82) is 0 Å². The molecule has 0 saturated heterocycles. The molecule has 8 nitrogen and oxygen atoms in total. The second kappa shape index (κ2) is 18.1. The van der Waals surface area contributed by atoms with Crippen molar-refractivity contribution in [3.05, 3.63) is 0 Å². The Hall–Kier alpha value is -1.22. The Kier molecular flexibility index (Phi) is 19.9. The molecular formula is C26H54O8. The molecule has 0 aliphatic carbocycles. The zero-order valence-electron chi connectivity index (χ0n) is 23.2. The number of carboxylic acids is 2. The minimum atomic E-state index is -0.862. The SMILES string of the molecule is CC(C)C(O)C(C)(C)CO.CC(C)C(O)C(C)(C)CO.CC(C)CC(CCCC(=O)O)C(=O)O. The van der Waals surface area contributed by atoms with Gasteiger partial charge in [-0.3, -0.25) is 9.59 Å². The van der Waals surface area contributed by atoms with Gasteiger partial charge < -0.3 is 30.6 Å². The first kappa shape index (κ1) is 37.3. The predicted octanol–water partition coefficient (Wildman–Crippen LogP) is 4.03. The number of aliphatic hydroxyl groups excluding tert-OH is 4. The summed E-state index contributed by atoms with van der Waals surface area (Å²) in [5.41, 5.74) is -0.734. The standard InChI is InChI=1S/C10H18O4.2C8H18O2/c1-7(2)6-8(10(13)14)4-3-5-9(11)12;2*1-6(2)7(10)8(3,4)5-9/h7-8H,3-6H2,1-2H3,(H,11,12)(H,13,14);2*6-7,9-10H,5H2,1-4H3. The molecule has 0 fully saturated rings. The molecule has 0 spiro atoms. The molecule has 0 radical (unpaired) electrons. The maximum absolute atomic E-state index is 10.8. The summed E-state index contributed by atoms with van der Waals surface area (Å²) in [6.45, 7) is 19.2. The number of aliphatic hydroxyl groups is 4. The lowest BCUT2D eigenvalue weighted by Crippen LogP contribution is -2.36. The van der Waals surface area contributed by atoms with E-state index in [2.05, 4.69) is 0 Å². The van der Waals surface area contributed by atoms with Gasteiger partial charge in [0.15, 0.2) is 0 Å². The van der Waals surface area contributed by atoms with Crippen molar-refractivity contribution in [1.82, 2.24) is 0 Å². The van der Waals surface area contributed by atoms with Crippen LogP contribution in [0, 0.1) is 34.5 Å². The van der Waals surface area contributed by atoms with Crippen molar-refractivity contribution in [2.75, 3.05) is 13.2 Å². The fraction of sp³-hybridized carbons (Fsp3) is 0.923. The zero-order chi connectivity index (χ0) is 27.9. The van der Waals surface area contributed by atoms with Crippen LogP contribution < -0.4 is 0 Å². The molecule has 0 aliphatic heterocycles. The molecular weight excluding hydrogens is 440 g/mol. The Morgan fingerprint density at radius 3 is 1.26 bits per heavy atom. The minimum absolute atomic E-state index is 0.0341. The second-order valence-corrected chi connectivity index (χ2v) is 11.6. The number of aliphatic carboxylic acids is 2. The highest BCUT2D eigenvalue weighted by Gasteiger charge is 2.29. The van der Waals surface area contributed by atoms with Crippen LogP contribution in [0.15, 0.2) is 0 Å². The third-order valence-electron chi connectivity index (χ3n) is 5.73. The molecule has 8 heteroatoms. The van der Waals surface area contributed by atoms with Crippen molar-refractivity contribution >= 4 is 11.9 Å². The summed E-state index contributed by atoms with van der Waals surface area (Å²) in [5.74, 6) is -1.32. The van der Waals surface area contributed by atoms with Gasteiger partial charge >= 0.3 is 11.9 Å². The largest absolute Gasteiger partial charge is 0.481 e. The van der Waals surface area contributed by atoms with E-state index in [-0.39, 0.29) is 42.3 Å². The maximum Gasteiger partial charge on any atom is 0.306 e. The van der Waals surface area contributed by atoms with E-state index in [9.17, 15) is 19.8 Å². The summed E-state index contributed by atoms with van der Waals surface area (Å²) in [6.07, 6.45) is 0.741. The summed E-state index contributed by atoms with van der Waals surface area (Å²) in [5, 5.41) is 53.9. The van der Waals surface area contributed by atoms with Crippen molar-refractivity contribution < 1.29 is 40.2 Å². The molecule has 0 amide bonds. The monoisotopic (exact) mass is 494 g/mol. The van der Waals surface area contributed by atoms with Gasteiger partial charge in [-0.05, 0) is 37.0 Å². The highest BCUT2D eigenvalue weighted by atomic mass is 16.4. The molecule has 0 rings (SSSR count). The maximum atomic E-state index is 10.8. The first-order valence-corrected chi connectivity index (χ1v) is 12.3. The smallest absolute Gasteiger partial charge is 0.306 e. The average molecular weight is 495 g/mol. The summed E-state index contributed by atoms with van der Waals surface area (Å²) in [4.78, 5) is 21.0. The highest BCUT2D eigenvalue weighted by molar-refractivity contribution is 5.70. The lowest BCUT2D eigenvalue weighted by molar-refractivity contribution is -0.143. The van der Waals surface area contributed by atoms with Gasteiger partial charge in [0, 0.05) is 17.3 Å². The fourth-order valence-electron chi connectivity index (χ4n) is 3.40. The molecule has 0 aliphatic rings. The lowest BCUT2D eigenvalue weighted by Gasteiger charge is -2.30. The van der Waals surface area contributed by atoms with Gasteiger partial charge in [0.25, 0.3) is 0 Å². The van der Waals surface area contributed by atoms with E-state index < -0.39 is 30.1 Å². The van der Waals surface area contributed by atoms with Crippen molar-refractivity contribution in [2.24, 2.45) is 34.5 Å². The first-order valence-electron chi connectivity index (χ1n) is 12.3. The Morgan fingerprint density at radius 1 is 0.735 bits per heavy atom. The molecule has 0 aromatic heterocycles. The number of rotatable bonds is 13. The number of hydrogen-bond donors (Lipinski definition) is 6. The number of carbonyl (C=O) groups is 2. The van der Waals surface area contributed by atoms with Gasteiger partial charge in [0.1, 0.15) is 0 Å². The predicted molar refractivity (Wildman–Crippen MR) is 135 cm³/mol. The fourth-order valence-corrected chi connectivity index (χ4v) is 3.40. The molecule has 0 aromatic carbocycles. The molecule has 6 N–H and O–H groups in total. The molecule has 34 heavy (non-hydrogen) atoms. The molecule has 3 atom stereocenters. The third-order valence-corrected chi connectivity index (χ3v) is 5.73. The third kappa shape index (κ3) is 18.2. The Morgan fingerprint density at radius 2 is 1.09 bits per heavy atom. The van der Waals surface area contributed by atoms with Crippen LogP contribution in [0.2, 0.25) is 0 Å². The topological polar surface area (TPSA) is 156 Å². The summed E-state index contributed by atoms with van der Waals surface area (Å²) >= 11 is 0. The molecule has 0 aromatic rings. The van der Waals surface area contributed by atoms with Crippen molar-refractivity contribution in [2.45, 2.75) is 107 Å². The molecule has 206 valence electrons. The van der Waals surface area contributed by atoms with E-state index in [1.165, 1.54) is 0 Å². The van der Waals surface area contributed by atoms with Crippen LogP contribution in [-0.2, 0) is 9.59 Å². The average Bonchev–Trinajstić information content (AvgIpc) is 2.71. The van der Waals surface area contributed by atoms with Gasteiger partial charge in [-0.15, -0.1) is 0 Å². The van der Waals surface area contributed by atoms with Gasteiger partial charge in [-0.25, -0.2) is 0 Å². The van der Waals surface area contributed by atoms with E-state index in [4.69, 9.17) is 20.4 Å². The number of carboxylic acid groups (broad SMARTS) is 2. The van der Waals surface area contributed by atoms with E-state index in [1.54, 1.807) is 0 Å². The van der Waals surface area contributed by atoms with E-state index >= 15 is 0 Å². The molecule has 0 heterocycles. The molecule has 0 bridgehead atoms. The summed E-state index contributed by atoms with van der Waals surface area (Å²) in [6, 6.07) is 0. The van der Waals surface area contributed by atoms with Crippen LogP contribution in [0.1, 0.15) is 94.9 Å². The summed E-state index contributed by atoms with van der Waals surface area (Å²) in [7, 11) is 0. The van der Waals surface area contributed by atoms with Crippen LogP contribution >= 0.6 is 0 Å². The van der Waals surface area contributed by atoms with E-state index in [1.807, 2.05) is 69.2 Å².